The summed E-state index contributed by atoms with van der Waals surface area (Å²) in [6.45, 7) is 0. The van der Waals surface area contributed by atoms with Crippen LogP contribution < -0.4 is 5.32 Å². The van der Waals surface area contributed by atoms with Crippen molar-refractivity contribution in [1.29, 1.82) is 0 Å². The highest BCUT2D eigenvalue weighted by Crippen LogP contribution is 2.18. The second-order valence-electron chi connectivity index (χ2n) is 3.47. The highest BCUT2D eigenvalue weighted by Gasteiger charge is 2.23. The number of methoxy groups -OCH3 is 1. The zero-order valence-corrected chi connectivity index (χ0v) is 8.16. The van der Waals surface area contributed by atoms with Gasteiger partial charge in [-0.2, -0.15) is 0 Å². The molecule has 0 aliphatic heterocycles. The highest BCUT2D eigenvalue weighted by molar-refractivity contribution is 6.32. The molecule has 1 fully saturated rings. The van der Waals surface area contributed by atoms with Gasteiger partial charge in [-0.25, -0.2) is 4.79 Å². The molecular formula is C9H15NO4. The molecule has 0 unspecified atom stereocenters. The Morgan fingerprint density at radius 1 is 1.29 bits per heavy atom. The molecule has 1 amide bonds. The van der Waals surface area contributed by atoms with E-state index in [0.717, 1.165) is 0 Å². The number of aliphatic hydroxyl groups excluding tert-OH is 1. The van der Waals surface area contributed by atoms with Gasteiger partial charge in [0.1, 0.15) is 0 Å². The van der Waals surface area contributed by atoms with Crippen LogP contribution in [-0.2, 0) is 14.3 Å². The lowest BCUT2D eigenvalue weighted by molar-refractivity contribution is -0.153. The lowest BCUT2D eigenvalue weighted by Gasteiger charge is -2.25. The Morgan fingerprint density at radius 3 is 2.36 bits per heavy atom. The second kappa shape index (κ2) is 4.95. The average Bonchev–Trinajstić information content (AvgIpc) is 2.20. The fraction of sp³-hybridized carbons (Fsp3) is 0.778. The van der Waals surface area contributed by atoms with E-state index in [9.17, 15) is 14.7 Å². The second-order valence-corrected chi connectivity index (χ2v) is 3.47. The normalized spacial score (nSPS) is 26.7. The number of amides is 1. The molecule has 80 valence electrons. The fourth-order valence-electron chi connectivity index (χ4n) is 1.56. The third-order valence-corrected chi connectivity index (χ3v) is 2.40. The number of rotatable bonds is 1. The molecule has 1 rings (SSSR count). The van der Waals surface area contributed by atoms with Crippen molar-refractivity contribution in [2.75, 3.05) is 7.11 Å². The first kappa shape index (κ1) is 11.0. The highest BCUT2D eigenvalue weighted by atomic mass is 16.5. The number of hydrogen-bond acceptors (Lipinski definition) is 4. The minimum Gasteiger partial charge on any atom is -0.462 e. The van der Waals surface area contributed by atoms with E-state index in [-0.39, 0.29) is 12.1 Å². The van der Waals surface area contributed by atoms with Crippen LogP contribution in [0.1, 0.15) is 25.7 Å². The van der Waals surface area contributed by atoms with Crippen molar-refractivity contribution in [1.82, 2.24) is 5.32 Å². The molecule has 0 radical (unpaired) electrons. The first-order chi connectivity index (χ1) is 6.63. The number of aliphatic hydroxyl groups is 1. The van der Waals surface area contributed by atoms with Gasteiger partial charge in [0.25, 0.3) is 0 Å². The molecule has 0 spiro atoms. The average molecular weight is 201 g/mol. The van der Waals surface area contributed by atoms with Crippen molar-refractivity contribution in [3.8, 4) is 0 Å². The van der Waals surface area contributed by atoms with E-state index in [0.29, 0.717) is 25.7 Å². The summed E-state index contributed by atoms with van der Waals surface area (Å²) in [5.41, 5.74) is 0. The van der Waals surface area contributed by atoms with Gasteiger partial charge < -0.3 is 15.2 Å². The van der Waals surface area contributed by atoms with Crippen LogP contribution in [0.15, 0.2) is 0 Å². The van der Waals surface area contributed by atoms with E-state index in [1.165, 1.54) is 7.11 Å². The molecule has 5 nitrogen and oxygen atoms in total. The monoisotopic (exact) mass is 201 g/mol. The van der Waals surface area contributed by atoms with Crippen LogP contribution in [0.5, 0.6) is 0 Å². The Labute approximate surface area is 82.4 Å². The molecular weight excluding hydrogens is 186 g/mol. The van der Waals surface area contributed by atoms with E-state index in [2.05, 4.69) is 10.1 Å². The fourth-order valence-corrected chi connectivity index (χ4v) is 1.56. The molecule has 5 heteroatoms. The van der Waals surface area contributed by atoms with Crippen LogP contribution in [0.2, 0.25) is 0 Å². The molecule has 2 N–H and O–H groups in total. The van der Waals surface area contributed by atoms with Crippen molar-refractivity contribution in [3.05, 3.63) is 0 Å². The van der Waals surface area contributed by atoms with E-state index in [4.69, 9.17) is 0 Å². The maximum atomic E-state index is 11.1. The Morgan fingerprint density at radius 2 is 1.86 bits per heavy atom. The van der Waals surface area contributed by atoms with Crippen molar-refractivity contribution in [2.45, 2.75) is 37.8 Å². The lowest BCUT2D eigenvalue weighted by atomic mass is 9.93. The van der Waals surface area contributed by atoms with E-state index >= 15 is 0 Å². The van der Waals surface area contributed by atoms with Crippen molar-refractivity contribution in [3.63, 3.8) is 0 Å². The summed E-state index contributed by atoms with van der Waals surface area (Å²) in [4.78, 5) is 21.8. The van der Waals surface area contributed by atoms with E-state index in [1.54, 1.807) is 0 Å². The van der Waals surface area contributed by atoms with Crippen molar-refractivity contribution >= 4 is 11.9 Å². The third kappa shape index (κ3) is 2.99. The smallest absolute Gasteiger partial charge is 0.396 e. The molecule has 0 aromatic carbocycles. The SMILES string of the molecule is COC(=O)C(=O)NC1CCC(O)CC1. The maximum absolute atomic E-state index is 11.1. The Bertz CT molecular complexity index is 221. The number of hydrogen-bond donors (Lipinski definition) is 2. The van der Waals surface area contributed by atoms with Crippen LogP contribution in [0, 0.1) is 0 Å². The minimum atomic E-state index is -0.865. The topological polar surface area (TPSA) is 75.6 Å². The van der Waals surface area contributed by atoms with Crippen LogP contribution in [-0.4, -0.2) is 36.2 Å². The zero-order valence-electron chi connectivity index (χ0n) is 8.16. The van der Waals surface area contributed by atoms with Crippen molar-refractivity contribution in [2.24, 2.45) is 0 Å². The Hall–Kier alpha value is -1.10. The van der Waals surface area contributed by atoms with E-state index in [1.807, 2.05) is 0 Å². The first-order valence-corrected chi connectivity index (χ1v) is 4.70. The summed E-state index contributed by atoms with van der Waals surface area (Å²) in [6.07, 6.45) is 2.51. The first-order valence-electron chi connectivity index (χ1n) is 4.70. The van der Waals surface area contributed by atoms with Gasteiger partial charge in [-0.3, -0.25) is 4.79 Å². The number of nitrogens with one attached hydrogen (secondary N) is 1. The quantitative estimate of drug-likeness (QED) is 0.446. The van der Waals surface area contributed by atoms with Crippen LogP contribution >= 0.6 is 0 Å². The van der Waals surface area contributed by atoms with Crippen LogP contribution in [0.3, 0.4) is 0 Å². The third-order valence-electron chi connectivity index (χ3n) is 2.40. The van der Waals surface area contributed by atoms with Gasteiger partial charge in [0.05, 0.1) is 13.2 Å². The molecule has 0 aromatic heterocycles. The number of ether oxygens (including phenoxy) is 1. The lowest BCUT2D eigenvalue weighted by Crippen LogP contribution is -2.42. The van der Waals surface area contributed by atoms with Crippen molar-refractivity contribution < 1.29 is 19.4 Å². The summed E-state index contributed by atoms with van der Waals surface area (Å²) >= 11 is 0. The van der Waals surface area contributed by atoms with Gasteiger partial charge in [-0.15, -0.1) is 0 Å². The summed E-state index contributed by atoms with van der Waals surface area (Å²) in [6, 6.07) is -0.00926. The maximum Gasteiger partial charge on any atom is 0.396 e. The Kier molecular flexibility index (Phi) is 3.88. The van der Waals surface area contributed by atoms with Gasteiger partial charge in [0.2, 0.25) is 0 Å². The molecule has 0 atom stereocenters. The minimum absolute atomic E-state index is 0.00926. The zero-order chi connectivity index (χ0) is 10.6. The number of carbonyl (C=O) groups is 2. The molecule has 1 aliphatic carbocycles. The molecule has 0 heterocycles. The van der Waals surface area contributed by atoms with Gasteiger partial charge in [-0.05, 0) is 25.7 Å². The van der Waals surface area contributed by atoms with Crippen LogP contribution in [0.4, 0.5) is 0 Å². The van der Waals surface area contributed by atoms with Gasteiger partial charge in [0, 0.05) is 6.04 Å². The molecule has 0 saturated heterocycles. The standard InChI is InChI=1S/C9H15NO4/c1-14-9(13)8(12)10-6-2-4-7(11)5-3-6/h6-7,11H,2-5H2,1H3,(H,10,12). The summed E-state index contributed by atoms with van der Waals surface area (Å²) in [5, 5.41) is 11.8. The van der Waals surface area contributed by atoms with Gasteiger partial charge >= 0.3 is 11.9 Å². The molecule has 14 heavy (non-hydrogen) atoms. The predicted molar refractivity (Wildman–Crippen MR) is 48.4 cm³/mol. The summed E-state index contributed by atoms with van der Waals surface area (Å²) in [7, 11) is 1.17. The molecule has 1 saturated carbocycles. The molecule has 1 aliphatic rings. The van der Waals surface area contributed by atoms with E-state index < -0.39 is 11.9 Å². The van der Waals surface area contributed by atoms with Crippen LogP contribution in [0.25, 0.3) is 0 Å². The predicted octanol–water partition coefficient (Wildman–Crippen LogP) is -0.421. The number of esters is 1. The molecule has 0 bridgehead atoms. The largest absolute Gasteiger partial charge is 0.462 e. The van der Waals surface area contributed by atoms with Gasteiger partial charge in [-0.1, -0.05) is 0 Å². The summed E-state index contributed by atoms with van der Waals surface area (Å²) < 4.78 is 4.27. The summed E-state index contributed by atoms with van der Waals surface area (Å²) in [5.74, 6) is -1.56. The number of carbonyl (C=O) groups excluding carboxylic acids is 2. The molecule has 0 aromatic rings. The van der Waals surface area contributed by atoms with Gasteiger partial charge in [0.15, 0.2) is 0 Å². The Balaban J connectivity index is 2.31.